The topological polar surface area (TPSA) is 24.7 Å². The van der Waals surface area contributed by atoms with E-state index in [2.05, 4.69) is 10.2 Å². The van der Waals surface area contributed by atoms with Crippen molar-refractivity contribution in [1.82, 2.24) is 0 Å². The molecule has 0 fully saturated rings. The minimum absolute atomic E-state index is 0.0918. The van der Waals surface area contributed by atoms with Crippen molar-refractivity contribution < 1.29 is 0 Å². The van der Waals surface area contributed by atoms with Gasteiger partial charge >= 0.3 is 0 Å². The lowest BCUT2D eigenvalue weighted by Gasteiger charge is -2.14. The van der Waals surface area contributed by atoms with Gasteiger partial charge < -0.3 is 0 Å². The molecule has 16 heavy (non-hydrogen) atoms. The van der Waals surface area contributed by atoms with Gasteiger partial charge in [-0.05, 0) is 24.3 Å². The molecule has 0 unspecified atom stereocenters. The van der Waals surface area contributed by atoms with Crippen LogP contribution in [0.2, 0.25) is 0 Å². The van der Waals surface area contributed by atoms with Crippen molar-refractivity contribution in [1.29, 1.82) is 0 Å². The third-order valence-corrected chi connectivity index (χ3v) is 2.60. The summed E-state index contributed by atoms with van der Waals surface area (Å²) in [6.07, 6.45) is 7.05. The van der Waals surface area contributed by atoms with Crippen molar-refractivity contribution in [2.45, 2.75) is 10.4 Å². The molecule has 0 aromatic heterocycles. The maximum Gasteiger partial charge on any atom is 0.154 e. The van der Waals surface area contributed by atoms with E-state index in [1.807, 2.05) is 42.5 Å². The molecule has 0 aliphatic heterocycles. The van der Waals surface area contributed by atoms with E-state index in [9.17, 15) is 0 Å². The molecule has 2 nitrogen and oxygen atoms in total. The first kappa shape index (κ1) is 11.4. The molecule has 0 saturated heterocycles. The largest absolute Gasteiger partial charge is 0.177 e. The SMILES string of the molecule is ClC1(Cl)C=CC(N=Nc2ccccc2)C=C1. The van der Waals surface area contributed by atoms with Crippen LogP contribution in [0.5, 0.6) is 0 Å². The summed E-state index contributed by atoms with van der Waals surface area (Å²) in [6, 6.07) is 9.48. The van der Waals surface area contributed by atoms with Crippen LogP contribution >= 0.6 is 23.2 Å². The molecule has 1 aromatic carbocycles. The zero-order valence-electron chi connectivity index (χ0n) is 8.42. The van der Waals surface area contributed by atoms with E-state index in [-0.39, 0.29) is 6.04 Å². The van der Waals surface area contributed by atoms with Crippen molar-refractivity contribution in [2.75, 3.05) is 0 Å². The van der Waals surface area contributed by atoms with Gasteiger partial charge in [0, 0.05) is 0 Å². The average Bonchev–Trinajstić information content (AvgIpc) is 2.29. The fourth-order valence-electron chi connectivity index (χ4n) is 1.28. The van der Waals surface area contributed by atoms with Gasteiger partial charge in [0.1, 0.15) is 6.04 Å². The zero-order valence-corrected chi connectivity index (χ0v) is 9.94. The standard InChI is InChI=1S/C12H10Cl2N2/c13-12(14)8-6-11(7-9-12)16-15-10-4-2-1-3-5-10/h1-9,11H. The Labute approximate surface area is 104 Å². The third-order valence-electron chi connectivity index (χ3n) is 2.09. The van der Waals surface area contributed by atoms with E-state index in [4.69, 9.17) is 23.2 Å². The number of halogens is 2. The van der Waals surface area contributed by atoms with Gasteiger partial charge in [0.25, 0.3) is 0 Å². The smallest absolute Gasteiger partial charge is 0.154 e. The first-order chi connectivity index (χ1) is 7.66. The third kappa shape index (κ3) is 3.19. The van der Waals surface area contributed by atoms with E-state index in [0.717, 1.165) is 5.69 Å². The summed E-state index contributed by atoms with van der Waals surface area (Å²) in [6.45, 7) is 0. The summed E-state index contributed by atoms with van der Waals surface area (Å²) in [4.78, 5) is 0. The summed E-state index contributed by atoms with van der Waals surface area (Å²) >= 11 is 11.7. The highest BCUT2D eigenvalue weighted by Crippen LogP contribution is 2.28. The fraction of sp³-hybridized carbons (Fsp3) is 0.167. The minimum atomic E-state index is -0.904. The Morgan fingerprint density at radius 2 is 1.62 bits per heavy atom. The average molecular weight is 253 g/mol. The van der Waals surface area contributed by atoms with E-state index in [0.29, 0.717) is 0 Å². The highest BCUT2D eigenvalue weighted by molar-refractivity contribution is 6.51. The van der Waals surface area contributed by atoms with Crippen LogP contribution in [0.3, 0.4) is 0 Å². The van der Waals surface area contributed by atoms with Crippen molar-refractivity contribution in [3.63, 3.8) is 0 Å². The monoisotopic (exact) mass is 252 g/mol. The molecular formula is C12H10Cl2N2. The Bertz CT molecular complexity index is 420. The van der Waals surface area contributed by atoms with E-state index < -0.39 is 4.33 Å². The number of allylic oxidation sites excluding steroid dienone is 2. The van der Waals surface area contributed by atoms with Crippen LogP contribution in [0.25, 0.3) is 0 Å². The second-order valence-corrected chi connectivity index (χ2v) is 4.88. The first-order valence-electron chi connectivity index (χ1n) is 4.88. The Morgan fingerprint density at radius 3 is 2.25 bits per heavy atom. The van der Waals surface area contributed by atoms with Gasteiger partial charge in [0.2, 0.25) is 0 Å². The summed E-state index contributed by atoms with van der Waals surface area (Å²) in [5.74, 6) is 0. The molecule has 1 aliphatic rings. The predicted molar refractivity (Wildman–Crippen MR) is 67.5 cm³/mol. The van der Waals surface area contributed by atoms with Crippen LogP contribution in [0.4, 0.5) is 5.69 Å². The Hall–Kier alpha value is -1.12. The molecule has 2 rings (SSSR count). The van der Waals surface area contributed by atoms with Crippen LogP contribution in [-0.2, 0) is 0 Å². The van der Waals surface area contributed by atoms with Gasteiger partial charge in [-0.25, -0.2) is 0 Å². The second-order valence-electron chi connectivity index (χ2n) is 3.43. The summed E-state index contributed by atoms with van der Waals surface area (Å²) in [5, 5.41) is 8.27. The highest BCUT2D eigenvalue weighted by atomic mass is 35.5. The summed E-state index contributed by atoms with van der Waals surface area (Å²) in [5.41, 5.74) is 0.831. The number of hydrogen-bond acceptors (Lipinski definition) is 2. The lowest BCUT2D eigenvalue weighted by Crippen LogP contribution is -2.11. The fourth-order valence-corrected chi connectivity index (χ4v) is 1.57. The van der Waals surface area contributed by atoms with Gasteiger partial charge in [-0.15, -0.1) is 0 Å². The van der Waals surface area contributed by atoms with E-state index in [1.165, 1.54) is 0 Å². The van der Waals surface area contributed by atoms with Crippen molar-refractivity contribution >= 4 is 28.9 Å². The Kier molecular flexibility index (Phi) is 3.42. The normalized spacial score (nSPS) is 19.4. The number of hydrogen-bond donors (Lipinski definition) is 0. The van der Waals surface area contributed by atoms with Crippen molar-refractivity contribution in [3.05, 3.63) is 54.6 Å². The number of benzene rings is 1. The predicted octanol–water partition coefficient (Wildman–Crippen LogP) is 4.44. The van der Waals surface area contributed by atoms with Crippen LogP contribution in [0.1, 0.15) is 0 Å². The van der Waals surface area contributed by atoms with Crippen molar-refractivity contribution in [3.8, 4) is 0 Å². The zero-order chi connectivity index (χ0) is 11.4. The van der Waals surface area contributed by atoms with Gasteiger partial charge in [-0.2, -0.15) is 10.2 Å². The van der Waals surface area contributed by atoms with Gasteiger partial charge in [-0.3, -0.25) is 0 Å². The Morgan fingerprint density at radius 1 is 1.00 bits per heavy atom. The number of rotatable bonds is 2. The first-order valence-corrected chi connectivity index (χ1v) is 5.64. The molecule has 0 saturated carbocycles. The molecule has 0 heterocycles. The van der Waals surface area contributed by atoms with E-state index >= 15 is 0 Å². The van der Waals surface area contributed by atoms with Crippen LogP contribution in [-0.4, -0.2) is 10.4 Å². The van der Waals surface area contributed by atoms with Crippen LogP contribution in [0.15, 0.2) is 64.9 Å². The molecule has 0 spiro atoms. The maximum atomic E-state index is 5.87. The molecule has 0 amide bonds. The molecule has 0 N–H and O–H groups in total. The van der Waals surface area contributed by atoms with Crippen LogP contribution < -0.4 is 0 Å². The minimum Gasteiger partial charge on any atom is -0.177 e. The number of azo groups is 1. The highest BCUT2D eigenvalue weighted by Gasteiger charge is 2.19. The molecule has 4 heteroatoms. The van der Waals surface area contributed by atoms with E-state index in [1.54, 1.807) is 12.2 Å². The van der Waals surface area contributed by atoms with Gasteiger partial charge in [-0.1, -0.05) is 53.6 Å². The molecule has 0 radical (unpaired) electrons. The van der Waals surface area contributed by atoms with Gasteiger partial charge in [0.15, 0.2) is 4.33 Å². The Balaban J connectivity index is 2.03. The number of nitrogens with zero attached hydrogens (tertiary/aromatic N) is 2. The van der Waals surface area contributed by atoms with Crippen molar-refractivity contribution in [2.24, 2.45) is 10.2 Å². The molecular weight excluding hydrogens is 243 g/mol. The molecule has 1 aliphatic carbocycles. The molecule has 1 aromatic rings. The lowest BCUT2D eigenvalue weighted by molar-refractivity contribution is 0.902. The quantitative estimate of drug-likeness (QED) is 0.423. The lowest BCUT2D eigenvalue weighted by atomic mass is 10.1. The molecule has 0 atom stereocenters. The molecule has 82 valence electrons. The molecule has 0 bridgehead atoms. The van der Waals surface area contributed by atoms with Crippen LogP contribution in [0, 0.1) is 0 Å². The number of alkyl halides is 2. The van der Waals surface area contributed by atoms with Gasteiger partial charge in [0.05, 0.1) is 5.69 Å². The maximum absolute atomic E-state index is 5.87. The summed E-state index contributed by atoms with van der Waals surface area (Å²) < 4.78 is -0.904. The summed E-state index contributed by atoms with van der Waals surface area (Å²) in [7, 11) is 0. The second kappa shape index (κ2) is 4.81.